The molecule has 0 bridgehead atoms. The molecule has 1 aromatic carbocycles. The van der Waals surface area contributed by atoms with E-state index < -0.39 is 0 Å². The molecule has 1 N–H and O–H groups in total. The van der Waals surface area contributed by atoms with E-state index in [1.54, 1.807) is 18.2 Å². The normalized spacial score (nSPS) is 19.4. The summed E-state index contributed by atoms with van der Waals surface area (Å²) in [6, 6.07) is 6.91. The van der Waals surface area contributed by atoms with Gasteiger partial charge >= 0.3 is 0 Å². The second-order valence-electron chi connectivity index (χ2n) is 5.34. The molecule has 4 nitrogen and oxygen atoms in total. The number of hydrogen-bond donors (Lipinski definition) is 1. The molecule has 1 aromatic rings. The van der Waals surface area contributed by atoms with E-state index in [0.717, 1.165) is 19.5 Å². The molecule has 1 fully saturated rings. The SMILES string of the molecule is C[C@H]1CCCN(CC(=O)Nc2ccc(C#N)c(Cl)c2)C1. The molecule has 0 radical (unpaired) electrons. The first-order valence-corrected chi connectivity index (χ1v) is 7.18. The van der Waals surface area contributed by atoms with Crippen molar-refractivity contribution in [3.63, 3.8) is 0 Å². The van der Waals surface area contributed by atoms with Gasteiger partial charge in [0.05, 0.1) is 17.1 Å². The van der Waals surface area contributed by atoms with E-state index in [2.05, 4.69) is 17.1 Å². The molecule has 5 heteroatoms. The van der Waals surface area contributed by atoms with Crippen LogP contribution in [-0.4, -0.2) is 30.4 Å². The summed E-state index contributed by atoms with van der Waals surface area (Å²) in [7, 11) is 0. The second-order valence-corrected chi connectivity index (χ2v) is 5.74. The van der Waals surface area contributed by atoms with Crippen molar-refractivity contribution < 1.29 is 4.79 Å². The summed E-state index contributed by atoms with van der Waals surface area (Å²) >= 11 is 5.94. The monoisotopic (exact) mass is 291 g/mol. The van der Waals surface area contributed by atoms with Gasteiger partial charge in [0.2, 0.25) is 5.91 Å². The van der Waals surface area contributed by atoms with Crippen molar-refractivity contribution in [2.75, 3.05) is 25.0 Å². The fourth-order valence-electron chi connectivity index (χ4n) is 2.52. The maximum Gasteiger partial charge on any atom is 0.238 e. The van der Waals surface area contributed by atoms with Gasteiger partial charge in [0, 0.05) is 12.2 Å². The smallest absolute Gasteiger partial charge is 0.238 e. The minimum Gasteiger partial charge on any atom is -0.325 e. The first-order chi connectivity index (χ1) is 9.58. The van der Waals surface area contributed by atoms with Crippen molar-refractivity contribution in [1.82, 2.24) is 4.90 Å². The van der Waals surface area contributed by atoms with Crippen LogP contribution in [0.4, 0.5) is 5.69 Å². The van der Waals surface area contributed by atoms with Gasteiger partial charge in [0.15, 0.2) is 0 Å². The van der Waals surface area contributed by atoms with Gasteiger partial charge in [-0.2, -0.15) is 5.26 Å². The Hall–Kier alpha value is -1.57. The average molecular weight is 292 g/mol. The Morgan fingerprint density at radius 3 is 3.05 bits per heavy atom. The van der Waals surface area contributed by atoms with Gasteiger partial charge in [-0.15, -0.1) is 0 Å². The van der Waals surface area contributed by atoms with Gasteiger partial charge in [-0.25, -0.2) is 0 Å². The van der Waals surface area contributed by atoms with Crippen molar-refractivity contribution >= 4 is 23.2 Å². The summed E-state index contributed by atoms with van der Waals surface area (Å²) in [4.78, 5) is 14.2. The predicted octanol–water partition coefficient (Wildman–Crippen LogP) is 2.88. The maximum atomic E-state index is 12.0. The predicted molar refractivity (Wildman–Crippen MR) is 79.6 cm³/mol. The van der Waals surface area contributed by atoms with Gasteiger partial charge in [0.25, 0.3) is 0 Å². The molecule has 20 heavy (non-hydrogen) atoms. The lowest BCUT2D eigenvalue weighted by Gasteiger charge is -2.30. The molecule has 1 amide bonds. The molecule has 0 aromatic heterocycles. The van der Waals surface area contributed by atoms with E-state index in [9.17, 15) is 4.79 Å². The number of piperidine rings is 1. The third-order valence-corrected chi connectivity index (χ3v) is 3.79. The van der Waals surface area contributed by atoms with Gasteiger partial charge in [0.1, 0.15) is 6.07 Å². The van der Waals surface area contributed by atoms with Crippen molar-refractivity contribution in [1.29, 1.82) is 5.26 Å². The molecule has 1 aliphatic rings. The first kappa shape index (κ1) is 14.8. The number of hydrogen-bond acceptors (Lipinski definition) is 3. The lowest BCUT2D eigenvalue weighted by Crippen LogP contribution is -2.39. The Kier molecular flexibility index (Phi) is 4.99. The summed E-state index contributed by atoms with van der Waals surface area (Å²) in [5, 5.41) is 12.0. The lowest BCUT2D eigenvalue weighted by atomic mass is 10.0. The number of amides is 1. The van der Waals surface area contributed by atoms with Crippen LogP contribution in [0.5, 0.6) is 0 Å². The highest BCUT2D eigenvalue weighted by Crippen LogP contribution is 2.20. The van der Waals surface area contributed by atoms with Crippen molar-refractivity contribution in [2.24, 2.45) is 5.92 Å². The number of nitriles is 1. The summed E-state index contributed by atoms with van der Waals surface area (Å²) in [6.45, 7) is 4.57. The van der Waals surface area contributed by atoms with E-state index in [1.807, 2.05) is 6.07 Å². The summed E-state index contributed by atoms with van der Waals surface area (Å²) in [5.41, 5.74) is 1.04. The van der Waals surface area contributed by atoms with Crippen LogP contribution in [0.15, 0.2) is 18.2 Å². The van der Waals surface area contributed by atoms with Gasteiger partial charge < -0.3 is 5.32 Å². The zero-order valence-corrected chi connectivity index (χ0v) is 12.3. The maximum absolute atomic E-state index is 12.0. The molecule has 2 rings (SSSR count). The number of halogens is 1. The summed E-state index contributed by atoms with van der Waals surface area (Å²) in [5.74, 6) is 0.612. The first-order valence-electron chi connectivity index (χ1n) is 6.80. The van der Waals surface area contributed by atoms with Crippen LogP contribution in [0.1, 0.15) is 25.3 Å². The Bertz CT molecular complexity index is 538. The summed E-state index contributed by atoms with van der Waals surface area (Å²) < 4.78 is 0. The molecule has 0 unspecified atom stereocenters. The Labute approximate surface area is 124 Å². The zero-order chi connectivity index (χ0) is 14.5. The zero-order valence-electron chi connectivity index (χ0n) is 11.5. The quantitative estimate of drug-likeness (QED) is 0.931. The Morgan fingerprint density at radius 1 is 1.60 bits per heavy atom. The average Bonchev–Trinajstić information content (AvgIpc) is 2.38. The number of benzene rings is 1. The standard InChI is InChI=1S/C15H18ClN3O/c1-11-3-2-6-19(9-11)10-15(20)18-13-5-4-12(8-17)14(16)7-13/h4-5,7,11H,2-3,6,9-10H2,1H3,(H,18,20)/t11-/m0/s1. The van der Waals surface area contributed by atoms with Gasteiger partial charge in [-0.3, -0.25) is 9.69 Å². The van der Waals surface area contributed by atoms with E-state index >= 15 is 0 Å². The number of likely N-dealkylation sites (tertiary alicyclic amines) is 1. The highest BCUT2D eigenvalue weighted by atomic mass is 35.5. The molecule has 1 atom stereocenters. The number of nitrogens with zero attached hydrogens (tertiary/aromatic N) is 2. The number of nitrogens with one attached hydrogen (secondary N) is 1. The minimum atomic E-state index is -0.0418. The number of carbonyl (C=O) groups excluding carboxylic acids is 1. The Balaban J connectivity index is 1.91. The number of anilines is 1. The number of carbonyl (C=O) groups is 1. The fraction of sp³-hybridized carbons (Fsp3) is 0.467. The van der Waals surface area contributed by atoms with Crippen molar-refractivity contribution in [2.45, 2.75) is 19.8 Å². The van der Waals surface area contributed by atoms with E-state index in [-0.39, 0.29) is 5.91 Å². The van der Waals surface area contributed by atoms with Crippen LogP contribution >= 0.6 is 11.6 Å². The topological polar surface area (TPSA) is 56.1 Å². The Morgan fingerprint density at radius 2 is 2.40 bits per heavy atom. The van der Waals surface area contributed by atoms with Crippen LogP contribution in [-0.2, 0) is 4.79 Å². The highest BCUT2D eigenvalue weighted by Gasteiger charge is 2.18. The molecule has 106 valence electrons. The van der Waals surface area contributed by atoms with Gasteiger partial charge in [-0.1, -0.05) is 18.5 Å². The molecule has 0 aliphatic carbocycles. The number of rotatable bonds is 3. The molecule has 1 aliphatic heterocycles. The molecular formula is C15H18ClN3O. The fourth-order valence-corrected chi connectivity index (χ4v) is 2.74. The largest absolute Gasteiger partial charge is 0.325 e. The van der Waals surface area contributed by atoms with Crippen LogP contribution in [0.25, 0.3) is 0 Å². The third-order valence-electron chi connectivity index (χ3n) is 3.48. The lowest BCUT2D eigenvalue weighted by molar-refractivity contribution is -0.117. The van der Waals surface area contributed by atoms with E-state index in [1.165, 1.54) is 6.42 Å². The summed E-state index contributed by atoms with van der Waals surface area (Å²) in [6.07, 6.45) is 2.39. The van der Waals surface area contributed by atoms with Crippen LogP contribution in [0.2, 0.25) is 5.02 Å². The molecule has 1 heterocycles. The van der Waals surface area contributed by atoms with Crippen molar-refractivity contribution in [3.05, 3.63) is 28.8 Å². The van der Waals surface area contributed by atoms with E-state index in [4.69, 9.17) is 16.9 Å². The molecule has 1 saturated heterocycles. The highest BCUT2D eigenvalue weighted by molar-refractivity contribution is 6.32. The second kappa shape index (κ2) is 6.74. The van der Waals surface area contributed by atoms with Crippen molar-refractivity contribution in [3.8, 4) is 6.07 Å². The molecular weight excluding hydrogens is 274 g/mol. The third kappa shape index (κ3) is 3.96. The van der Waals surface area contributed by atoms with Gasteiger partial charge in [-0.05, 0) is 43.5 Å². The minimum absolute atomic E-state index is 0.0418. The van der Waals surface area contributed by atoms with Crippen LogP contribution in [0.3, 0.4) is 0 Å². The van der Waals surface area contributed by atoms with Crippen LogP contribution < -0.4 is 5.32 Å². The molecule has 0 saturated carbocycles. The van der Waals surface area contributed by atoms with E-state index in [0.29, 0.717) is 28.7 Å². The molecule has 0 spiro atoms. The van der Waals surface area contributed by atoms with Crippen LogP contribution in [0, 0.1) is 17.2 Å².